The second-order valence-electron chi connectivity index (χ2n) is 3.24. The van der Waals surface area contributed by atoms with E-state index in [1.54, 1.807) is 0 Å². The molecule has 1 heterocycles. The molecule has 1 saturated heterocycles. The monoisotopic (exact) mass is 152 g/mol. The van der Waals surface area contributed by atoms with E-state index < -0.39 is 0 Å². The topological polar surface area (TPSA) is 27.0 Å². The minimum Gasteiger partial charge on any atom is -0.302 e. The number of hydrogen-bond donors (Lipinski definition) is 0. The van der Waals surface area contributed by atoms with Crippen molar-refractivity contribution >= 4 is 0 Å². The fourth-order valence-corrected chi connectivity index (χ4v) is 1.54. The van der Waals surface area contributed by atoms with Gasteiger partial charge in [-0.25, -0.2) is 0 Å². The van der Waals surface area contributed by atoms with Gasteiger partial charge < -0.3 is 4.90 Å². The fraction of sp³-hybridized carbons (Fsp3) is 0.889. The van der Waals surface area contributed by atoms with Crippen LogP contribution in [0.1, 0.15) is 26.2 Å². The molecule has 0 N–H and O–H groups in total. The van der Waals surface area contributed by atoms with Crippen LogP contribution in [0.15, 0.2) is 0 Å². The third-order valence-corrected chi connectivity index (χ3v) is 2.35. The molecule has 1 atom stereocenters. The summed E-state index contributed by atoms with van der Waals surface area (Å²) in [5.74, 6) is 0.257. The van der Waals surface area contributed by atoms with Crippen LogP contribution >= 0.6 is 0 Å². The zero-order chi connectivity index (χ0) is 8.10. The number of nitriles is 1. The van der Waals surface area contributed by atoms with Gasteiger partial charge in [0.1, 0.15) is 0 Å². The number of nitrogens with zero attached hydrogens (tertiary/aromatic N) is 2. The highest BCUT2D eigenvalue weighted by Gasteiger charge is 2.15. The van der Waals surface area contributed by atoms with Crippen LogP contribution in [-0.2, 0) is 0 Å². The minimum absolute atomic E-state index is 0.257. The Morgan fingerprint density at radius 3 is 2.55 bits per heavy atom. The van der Waals surface area contributed by atoms with Gasteiger partial charge in [0.05, 0.1) is 12.0 Å². The molecule has 0 aromatic heterocycles. The summed E-state index contributed by atoms with van der Waals surface area (Å²) in [6.07, 6.45) is 3.64. The Balaban J connectivity index is 2.23. The Labute approximate surface area is 68.8 Å². The molecule has 0 aromatic carbocycles. The lowest BCUT2D eigenvalue weighted by Gasteiger charge is -2.16. The molecule has 0 spiro atoms. The third-order valence-electron chi connectivity index (χ3n) is 2.35. The lowest BCUT2D eigenvalue weighted by molar-refractivity contribution is 0.302. The van der Waals surface area contributed by atoms with Crippen molar-refractivity contribution in [1.29, 1.82) is 5.26 Å². The van der Waals surface area contributed by atoms with E-state index in [0.29, 0.717) is 0 Å². The number of hydrogen-bond acceptors (Lipinski definition) is 2. The standard InChI is InChI=1S/C9H16N2/c1-2-9(7-10)8-11-5-3-4-6-11/h9H,2-6,8H2,1H3. The first kappa shape index (κ1) is 8.55. The maximum absolute atomic E-state index is 8.71. The summed E-state index contributed by atoms with van der Waals surface area (Å²) in [6.45, 7) is 5.49. The maximum atomic E-state index is 8.71. The van der Waals surface area contributed by atoms with E-state index in [1.165, 1.54) is 25.9 Å². The van der Waals surface area contributed by atoms with Crippen molar-refractivity contribution in [2.24, 2.45) is 5.92 Å². The largest absolute Gasteiger partial charge is 0.302 e. The van der Waals surface area contributed by atoms with E-state index in [2.05, 4.69) is 17.9 Å². The van der Waals surface area contributed by atoms with Crippen LogP contribution in [0.2, 0.25) is 0 Å². The zero-order valence-corrected chi connectivity index (χ0v) is 7.21. The van der Waals surface area contributed by atoms with Crippen molar-refractivity contribution in [3.8, 4) is 6.07 Å². The van der Waals surface area contributed by atoms with Crippen molar-refractivity contribution < 1.29 is 0 Å². The molecule has 0 radical (unpaired) electrons. The molecule has 0 aliphatic carbocycles. The van der Waals surface area contributed by atoms with Gasteiger partial charge in [-0.1, -0.05) is 6.92 Å². The van der Waals surface area contributed by atoms with Crippen LogP contribution in [0.25, 0.3) is 0 Å². The highest BCUT2D eigenvalue weighted by Crippen LogP contribution is 2.11. The summed E-state index contributed by atoms with van der Waals surface area (Å²) in [5.41, 5.74) is 0. The Kier molecular flexibility index (Phi) is 3.38. The summed E-state index contributed by atoms with van der Waals surface area (Å²) in [5, 5.41) is 8.71. The van der Waals surface area contributed by atoms with Crippen molar-refractivity contribution in [3.05, 3.63) is 0 Å². The average Bonchev–Trinajstić information content (AvgIpc) is 2.52. The van der Waals surface area contributed by atoms with Gasteiger partial charge in [-0.15, -0.1) is 0 Å². The molecule has 0 bridgehead atoms. The van der Waals surface area contributed by atoms with Gasteiger partial charge in [-0.3, -0.25) is 0 Å². The van der Waals surface area contributed by atoms with Gasteiger partial charge in [0.15, 0.2) is 0 Å². The van der Waals surface area contributed by atoms with Gasteiger partial charge in [-0.2, -0.15) is 5.26 Å². The smallest absolute Gasteiger partial charge is 0.0669 e. The summed E-state index contributed by atoms with van der Waals surface area (Å²) in [7, 11) is 0. The van der Waals surface area contributed by atoms with Crippen LogP contribution in [0.4, 0.5) is 0 Å². The molecule has 62 valence electrons. The Morgan fingerprint density at radius 1 is 1.45 bits per heavy atom. The molecule has 2 nitrogen and oxygen atoms in total. The predicted octanol–water partition coefficient (Wildman–Crippen LogP) is 1.63. The Bertz CT molecular complexity index is 142. The summed E-state index contributed by atoms with van der Waals surface area (Å²) in [6, 6.07) is 2.34. The Morgan fingerprint density at radius 2 is 2.09 bits per heavy atom. The quantitative estimate of drug-likeness (QED) is 0.614. The molecule has 0 amide bonds. The van der Waals surface area contributed by atoms with E-state index in [0.717, 1.165) is 13.0 Å². The first-order valence-electron chi connectivity index (χ1n) is 4.48. The predicted molar refractivity (Wildman–Crippen MR) is 45.1 cm³/mol. The van der Waals surface area contributed by atoms with Crippen LogP contribution < -0.4 is 0 Å². The maximum Gasteiger partial charge on any atom is 0.0669 e. The fourth-order valence-electron chi connectivity index (χ4n) is 1.54. The molecule has 1 fully saturated rings. The van der Waals surface area contributed by atoms with Gasteiger partial charge in [0.25, 0.3) is 0 Å². The molecule has 1 aliphatic heterocycles. The van der Waals surface area contributed by atoms with Gasteiger partial charge in [0.2, 0.25) is 0 Å². The van der Waals surface area contributed by atoms with Gasteiger partial charge >= 0.3 is 0 Å². The molecular formula is C9H16N2. The third kappa shape index (κ3) is 2.51. The molecule has 1 unspecified atom stereocenters. The first-order chi connectivity index (χ1) is 5.36. The second-order valence-corrected chi connectivity index (χ2v) is 3.24. The van der Waals surface area contributed by atoms with Crippen LogP contribution in [-0.4, -0.2) is 24.5 Å². The summed E-state index contributed by atoms with van der Waals surface area (Å²) >= 11 is 0. The Hall–Kier alpha value is -0.550. The molecule has 0 aromatic rings. The highest BCUT2D eigenvalue weighted by atomic mass is 15.1. The van der Waals surface area contributed by atoms with Crippen molar-refractivity contribution in [3.63, 3.8) is 0 Å². The van der Waals surface area contributed by atoms with Gasteiger partial charge in [-0.05, 0) is 32.4 Å². The van der Waals surface area contributed by atoms with E-state index in [-0.39, 0.29) is 5.92 Å². The normalized spacial score (nSPS) is 21.5. The van der Waals surface area contributed by atoms with E-state index in [1.807, 2.05) is 0 Å². The van der Waals surface area contributed by atoms with Crippen molar-refractivity contribution in [2.45, 2.75) is 26.2 Å². The first-order valence-corrected chi connectivity index (χ1v) is 4.48. The molecule has 2 heteroatoms. The average molecular weight is 152 g/mol. The van der Waals surface area contributed by atoms with E-state index >= 15 is 0 Å². The van der Waals surface area contributed by atoms with Crippen molar-refractivity contribution in [1.82, 2.24) is 4.90 Å². The molecular weight excluding hydrogens is 136 g/mol. The van der Waals surface area contributed by atoms with E-state index in [4.69, 9.17) is 5.26 Å². The number of likely N-dealkylation sites (tertiary alicyclic amines) is 1. The van der Waals surface area contributed by atoms with Crippen LogP contribution in [0, 0.1) is 17.2 Å². The molecule has 0 saturated carbocycles. The van der Waals surface area contributed by atoms with Crippen LogP contribution in [0.5, 0.6) is 0 Å². The summed E-state index contributed by atoms with van der Waals surface area (Å²) < 4.78 is 0. The molecule has 1 aliphatic rings. The van der Waals surface area contributed by atoms with Crippen molar-refractivity contribution in [2.75, 3.05) is 19.6 Å². The minimum atomic E-state index is 0.257. The lowest BCUT2D eigenvalue weighted by Crippen LogP contribution is -2.25. The highest BCUT2D eigenvalue weighted by molar-refractivity contribution is 4.85. The lowest BCUT2D eigenvalue weighted by atomic mass is 10.1. The van der Waals surface area contributed by atoms with Gasteiger partial charge in [0, 0.05) is 6.54 Å². The van der Waals surface area contributed by atoms with E-state index in [9.17, 15) is 0 Å². The summed E-state index contributed by atoms with van der Waals surface area (Å²) in [4.78, 5) is 2.40. The molecule has 11 heavy (non-hydrogen) atoms. The zero-order valence-electron chi connectivity index (χ0n) is 7.21. The molecule has 1 rings (SSSR count). The van der Waals surface area contributed by atoms with Crippen LogP contribution in [0.3, 0.4) is 0 Å². The SMILES string of the molecule is CCC(C#N)CN1CCCC1. The number of rotatable bonds is 3. The second kappa shape index (κ2) is 4.35.